The first kappa shape index (κ1) is 20.8. The van der Waals surface area contributed by atoms with Gasteiger partial charge in [-0.3, -0.25) is 9.69 Å². The molecule has 1 aromatic rings. The van der Waals surface area contributed by atoms with Gasteiger partial charge < -0.3 is 15.7 Å². The number of aliphatic hydroxyl groups is 1. The number of amides is 3. The van der Waals surface area contributed by atoms with Gasteiger partial charge in [0.15, 0.2) is 0 Å². The van der Waals surface area contributed by atoms with Gasteiger partial charge in [0, 0.05) is 17.0 Å². The fraction of sp³-hybridized carbons (Fsp3) is 0.636. The van der Waals surface area contributed by atoms with Gasteiger partial charge in [-0.1, -0.05) is 51.1 Å². The number of aliphatic hydroxyl groups excluding tert-OH is 1. The van der Waals surface area contributed by atoms with Gasteiger partial charge in [-0.15, -0.1) is 0 Å². The minimum absolute atomic E-state index is 0.0394. The van der Waals surface area contributed by atoms with Crippen molar-refractivity contribution in [3.8, 4) is 0 Å². The Hall–Kier alpha value is -1.92. The Kier molecular flexibility index (Phi) is 5.32. The molecule has 0 aliphatic carbocycles. The van der Waals surface area contributed by atoms with Gasteiger partial charge in [0.1, 0.15) is 5.54 Å². The Morgan fingerprint density at radius 1 is 1.18 bits per heavy atom. The SMILES string of the molecule is CCC1(C)CC2(NC(=O)N(CC(O)c3ccccc3)C2=O)C(C)C(C)(CC)N1. The second kappa shape index (κ2) is 7.16. The van der Waals surface area contributed by atoms with Crippen LogP contribution in [0.2, 0.25) is 0 Å². The molecule has 3 amide bonds. The second-order valence-corrected chi connectivity index (χ2v) is 8.95. The molecule has 28 heavy (non-hydrogen) atoms. The molecular weight excluding hydrogens is 354 g/mol. The summed E-state index contributed by atoms with van der Waals surface area (Å²) in [7, 11) is 0. The highest BCUT2D eigenvalue weighted by Gasteiger charge is 2.63. The maximum Gasteiger partial charge on any atom is 0.325 e. The molecule has 2 fully saturated rings. The summed E-state index contributed by atoms with van der Waals surface area (Å²) in [4.78, 5) is 27.6. The maximum atomic E-state index is 13.6. The number of nitrogens with zero attached hydrogens (tertiary/aromatic N) is 1. The lowest BCUT2D eigenvalue weighted by atomic mass is 9.61. The summed E-state index contributed by atoms with van der Waals surface area (Å²) in [5.74, 6) is -0.305. The van der Waals surface area contributed by atoms with Crippen LogP contribution in [-0.2, 0) is 4.79 Å². The largest absolute Gasteiger partial charge is 0.387 e. The third-order valence-electron chi connectivity index (χ3n) is 7.21. The Labute approximate surface area is 167 Å². The molecule has 0 aromatic heterocycles. The highest BCUT2D eigenvalue weighted by Crippen LogP contribution is 2.46. The van der Waals surface area contributed by atoms with E-state index in [1.807, 2.05) is 25.1 Å². The number of hydrogen-bond donors (Lipinski definition) is 3. The average Bonchev–Trinajstić information content (AvgIpc) is 2.91. The Bertz CT molecular complexity index is 755. The molecule has 0 saturated carbocycles. The average molecular weight is 388 g/mol. The van der Waals surface area contributed by atoms with E-state index in [9.17, 15) is 14.7 Å². The Balaban J connectivity index is 1.92. The number of urea groups is 1. The molecule has 154 valence electrons. The Morgan fingerprint density at radius 2 is 1.82 bits per heavy atom. The van der Waals surface area contributed by atoms with Crippen molar-refractivity contribution in [3.05, 3.63) is 35.9 Å². The predicted molar refractivity (Wildman–Crippen MR) is 109 cm³/mol. The summed E-state index contributed by atoms with van der Waals surface area (Å²) in [5, 5.41) is 17.4. The number of carbonyl (C=O) groups is 2. The molecule has 1 aromatic carbocycles. The molecule has 3 N–H and O–H groups in total. The summed E-state index contributed by atoms with van der Waals surface area (Å²) in [5.41, 5.74) is -0.790. The van der Waals surface area contributed by atoms with Crippen LogP contribution in [0.1, 0.15) is 65.5 Å². The number of rotatable bonds is 5. The van der Waals surface area contributed by atoms with E-state index >= 15 is 0 Å². The standard InChI is InChI=1S/C22H33N3O3/c1-6-20(4)14-22(15(3)21(5,7-2)24-20)18(27)25(19(28)23-22)13-17(26)16-11-9-8-10-12-16/h8-12,15,17,24,26H,6-7,13-14H2,1-5H3,(H,23,28). The van der Waals surface area contributed by atoms with Gasteiger partial charge >= 0.3 is 6.03 Å². The highest BCUT2D eigenvalue weighted by molar-refractivity contribution is 6.07. The van der Waals surface area contributed by atoms with Gasteiger partial charge in [-0.05, 0) is 38.7 Å². The van der Waals surface area contributed by atoms with E-state index in [-0.39, 0.29) is 29.4 Å². The minimum Gasteiger partial charge on any atom is -0.387 e. The quantitative estimate of drug-likeness (QED) is 0.679. The fourth-order valence-corrected chi connectivity index (χ4v) is 4.94. The highest BCUT2D eigenvalue weighted by atomic mass is 16.3. The van der Waals surface area contributed by atoms with Crippen molar-refractivity contribution < 1.29 is 14.7 Å². The molecular formula is C22H33N3O3. The van der Waals surface area contributed by atoms with Crippen LogP contribution in [0.3, 0.4) is 0 Å². The maximum absolute atomic E-state index is 13.6. The van der Waals surface area contributed by atoms with E-state index in [1.165, 1.54) is 4.90 Å². The third kappa shape index (κ3) is 3.22. The van der Waals surface area contributed by atoms with E-state index in [2.05, 4.69) is 38.3 Å². The van der Waals surface area contributed by atoms with Crippen LogP contribution in [0, 0.1) is 5.92 Å². The third-order valence-corrected chi connectivity index (χ3v) is 7.21. The van der Waals surface area contributed by atoms with Crippen LogP contribution >= 0.6 is 0 Å². The molecule has 0 bridgehead atoms. The zero-order valence-corrected chi connectivity index (χ0v) is 17.6. The van der Waals surface area contributed by atoms with Gasteiger partial charge in [-0.25, -0.2) is 4.79 Å². The van der Waals surface area contributed by atoms with Crippen molar-refractivity contribution in [2.75, 3.05) is 6.54 Å². The second-order valence-electron chi connectivity index (χ2n) is 8.95. The van der Waals surface area contributed by atoms with E-state index in [1.54, 1.807) is 12.1 Å². The number of imide groups is 1. The number of β-amino-alcohol motifs (C(OH)–C–C–N with tert-alkyl or cyclic N) is 1. The molecule has 5 atom stereocenters. The lowest BCUT2D eigenvalue weighted by Gasteiger charge is -2.56. The first-order chi connectivity index (χ1) is 13.1. The summed E-state index contributed by atoms with van der Waals surface area (Å²) in [6.45, 7) is 10.5. The molecule has 1 spiro atoms. The van der Waals surface area contributed by atoms with Crippen molar-refractivity contribution in [2.24, 2.45) is 5.92 Å². The number of carbonyl (C=O) groups excluding carboxylic acids is 2. The van der Waals surface area contributed by atoms with Crippen molar-refractivity contribution in [1.29, 1.82) is 0 Å². The molecule has 0 radical (unpaired) electrons. The fourth-order valence-electron chi connectivity index (χ4n) is 4.94. The molecule has 3 rings (SSSR count). The molecule has 2 saturated heterocycles. The lowest BCUT2D eigenvalue weighted by molar-refractivity contribution is -0.139. The van der Waals surface area contributed by atoms with Gasteiger partial charge in [0.25, 0.3) is 5.91 Å². The van der Waals surface area contributed by atoms with E-state index in [0.717, 1.165) is 12.8 Å². The van der Waals surface area contributed by atoms with Crippen LogP contribution in [0.15, 0.2) is 30.3 Å². The Morgan fingerprint density at radius 3 is 2.39 bits per heavy atom. The van der Waals surface area contributed by atoms with Crippen LogP contribution in [0.25, 0.3) is 0 Å². The first-order valence-corrected chi connectivity index (χ1v) is 10.3. The normalized spacial score (nSPS) is 36.6. The molecule has 2 aliphatic rings. The van der Waals surface area contributed by atoms with Crippen LogP contribution in [-0.4, -0.2) is 45.1 Å². The van der Waals surface area contributed by atoms with E-state index in [4.69, 9.17) is 0 Å². The monoisotopic (exact) mass is 387 g/mol. The minimum atomic E-state index is -0.950. The lowest BCUT2D eigenvalue weighted by Crippen LogP contribution is -2.74. The number of benzene rings is 1. The molecule has 2 aliphatic heterocycles. The van der Waals surface area contributed by atoms with Crippen LogP contribution < -0.4 is 10.6 Å². The van der Waals surface area contributed by atoms with Crippen molar-refractivity contribution in [1.82, 2.24) is 15.5 Å². The first-order valence-electron chi connectivity index (χ1n) is 10.3. The molecule has 6 nitrogen and oxygen atoms in total. The van der Waals surface area contributed by atoms with Crippen molar-refractivity contribution in [3.63, 3.8) is 0 Å². The van der Waals surface area contributed by atoms with Crippen molar-refractivity contribution >= 4 is 11.9 Å². The summed E-state index contributed by atoms with van der Waals surface area (Å²) in [6, 6.07) is 8.72. The molecule has 5 unspecified atom stereocenters. The van der Waals surface area contributed by atoms with Crippen molar-refractivity contribution in [2.45, 2.75) is 76.6 Å². The predicted octanol–water partition coefficient (Wildman–Crippen LogP) is 2.98. The topological polar surface area (TPSA) is 81.7 Å². The smallest absolute Gasteiger partial charge is 0.325 e. The number of nitrogens with one attached hydrogen (secondary N) is 2. The molecule has 2 heterocycles. The van der Waals surface area contributed by atoms with Crippen LogP contribution in [0.5, 0.6) is 0 Å². The summed E-state index contributed by atoms with van der Waals surface area (Å²) >= 11 is 0. The number of piperidine rings is 1. The van der Waals surface area contributed by atoms with Gasteiger partial charge in [-0.2, -0.15) is 0 Å². The van der Waals surface area contributed by atoms with Gasteiger partial charge in [0.05, 0.1) is 12.6 Å². The number of hydrogen-bond acceptors (Lipinski definition) is 4. The summed E-state index contributed by atoms with van der Waals surface area (Å²) in [6.07, 6.45) is 1.34. The zero-order valence-electron chi connectivity index (χ0n) is 17.6. The zero-order chi connectivity index (χ0) is 20.7. The van der Waals surface area contributed by atoms with Gasteiger partial charge in [0.2, 0.25) is 0 Å². The van der Waals surface area contributed by atoms with E-state index in [0.29, 0.717) is 12.0 Å². The summed E-state index contributed by atoms with van der Waals surface area (Å²) < 4.78 is 0. The van der Waals surface area contributed by atoms with Crippen LogP contribution in [0.4, 0.5) is 4.79 Å². The van der Waals surface area contributed by atoms with E-state index < -0.39 is 17.7 Å². The molecule has 6 heteroatoms.